The molecule has 0 radical (unpaired) electrons. The minimum Gasteiger partial charge on any atom is -0.460 e. The molecule has 140 valence electrons. The lowest BCUT2D eigenvalue weighted by atomic mass is 9.83. The molecule has 0 saturated carbocycles. The van der Waals surface area contributed by atoms with Gasteiger partial charge in [0, 0.05) is 36.3 Å². The summed E-state index contributed by atoms with van der Waals surface area (Å²) in [6.07, 6.45) is 0.808. The minimum absolute atomic E-state index is 0.0566. The van der Waals surface area contributed by atoms with Crippen LogP contribution in [0.25, 0.3) is 0 Å². The Morgan fingerprint density at radius 1 is 1.31 bits per heavy atom. The number of benzene rings is 1. The highest BCUT2D eigenvalue weighted by Crippen LogP contribution is 2.37. The van der Waals surface area contributed by atoms with Gasteiger partial charge in [-0.3, -0.25) is 14.9 Å². The van der Waals surface area contributed by atoms with Crippen molar-refractivity contribution in [3.63, 3.8) is 0 Å². The van der Waals surface area contributed by atoms with Crippen LogP contribution in [0.4, 0.5) is 5.69 Å². The molecule has 0 unspecified atom stereocenters. The van der Waals surface area contributed by atoms with Gasteiger partial charge in [-0.25, -0.2) is 4.79 Å². The van der Waals surface area contributed by atoms with Gasteiger partial charge in [0.1, 0.15) is 6.61 Å². The number of rotatable bonds is 8. The van der Waals surface area contributed by atoms with Crippen LogP contribution in [0, 0.1) is 10.1 Å². The zero-order valence-corrected chi connectivity index (χ0v) is 14.8. The number of nitrogens with zero attached hydrogens (tertiary/aromatic N) is 1. The smallest absolute Gasteiger partial charge is 0.336 e. The summed E-state index contributed by atoms with van der Waals surface area (Å²) >= 11 is 0. The average molecular weight is 362 g/mol. The summed E-state index contributed by atoms with van der Waals surface area (Å²) in [7, 11) is 0. The Kier molecular flexibility index (Phi) is 6.85. The molecule has 0 bridgehead atoms. The van der Waals surface area contributed by atoms with Crippen molar-refractivity contribution in [3.8, 4) is 0 Å². The third kappa shape index (κ3) is 4.66. The molecule has 1 aromatic rings. The van der Waals surface area contributed by atoms with Gasteiger partial charge in [0.25, 0.3) is 5.69 Å². The van der Waals surface area contributed by atoms with E-state index in [0.29, 0.717) is 17.9 Å². The topological polar surface area (TPSA) is 108 Å². The number of allylic oxidation sites excluding steroid dienone is 1. The summed E-state index contributed by atoms with van der Waals surface area (Å²) in [5.74, 6) is -1.63. The average Bonchev–Trinajstić information content (AvgIpc) is 2.60. The summed E-state index contributed by atoms with van der Waals surface area (Å²) in [4.78, 5) is 35.3. The summed E-state index contributed by atoms with van der Waals surface area (Å²) in [5, 5.41) is 13.9. The molecule has 0 saturated heterocycles. The monoisotopic (exact) mass is 362 g/mol. The van der Waals surface area contributed by atoms with Crippen molar-refractivity contribution in [1.29, 1.82) is 0 Å². The number of hydrogen-bond acceptors (Lipinski definition) is 6. The van der Waals surface area contributed by atoms with Gasteiger partial charge in [0.05, 0.1) is 17.1 Å². The van der Waals surface area contributed by atoms with Gasteiger partial charge in [-0.1, -0.05) is 25.1 Å². The second kappa shape index (κ2) is 9.10. The third-order valence-corrected chi connectivity index (χ3v) is 4.01. The number of nitro benzene ring substituents is 1. The number of nitro groups is 1. The van der Waals surface area contributed by atoms with E-state index in [2.05, 4.69) is 5.32 Å². The lowest BCUT2D eigenvalue weighted by Crippen LogP contribution is -2.34. The zero-order valence-electron chi connectivity index (χ0n) is 14.8. The molecule has 1 heterocycles. The van der Waals surface area contributed by atoms with Crippen molar-refractivity contribution >= 4 is 17.6 Å². The molecule has 0 fully saturated rings. The second-order valence-electron chi connectivity index (χ2n) is 5.91. The molecule has 26 heavy (non-hydrogen) atoms. The van der Waals surface area contributed by atoms with E-state index in [0.717, 1.165) is 6.42 Å². The first-order chi connectivity index (χ1) is 12.5. The third-order valence-electron chi connectivity index (χ3n) is 4.01. The maximum Gasteiger partial charge on any atom is 0.336 e. The highest BCUT2D eigenvalue weighted by molar-refractivity contribution is 5.96. The molecule has 1 amide bonds. The van der Waals surface area contributed by atoms with Crippen LogP contribution in [0.15, 0.2) is 35.5 Å². The van der Waals surface area contributed by atoms with E-state index in [9.17, 15) is 19.7 Å². The summed E-state index contributed by atoms with van der Waals surface area (Å²) in [5.41, 5.74) is 0.774. The van der Waals surface area contributed by atoms with Gasteiger partial charge < -0.3 is 14.8 Å². The number of carbonyl (C=O) groups is 2. The quantitative estimate of drug-likeness (QED) is 0.329. The minimum atomic E-state index is -0.727. The SMILES string of the molecule is CCCOCCOC(=O)C1=C(C)NC(=O)C[C@@H]1c1ccccc1[N+](=O)[O-]. The van der Waals surface area contributed by atoms with Crippen molar-refractivity contribution in [2.24, 2.45) is 0 Å². The van der Waals surface area contributed by atoms with Crippen LogP contribution < -0.4 is 5.32 Å². The number of amides is 1. The molecule has 1 N–H and O–H groups in total. The van der Waals surface area contributed by atoms with Crippen molar-refractivity contribution in [1.82, 2.24) is 5.32 Å². The first-order valence-electron chi connectivity index (χ1n) is 8.44. The number of ether oxygens (including phenoxy) is 2. The van der Waals surface area contributed by atoms with Crippen LogP contribution in [0.1, 0.15) is 38.2 Å². The fourth-order valence-electron chi connectivity index (χ4n) is 2.90. The van der Waals surface area contributed by atoms with Crippen molar-refractivity contribution in [3.05, 3.63) is 51.2 Å². The van der Waals surface area contributed by atoms with E-state index in [-0.39, 0.29) is 36.8 Å². The Morgan fingerprint density at radius 2 is 2.04 bits per heavy atom. The lowest BCUT2D eigenvalue weighted by molar-refractivity contribution is -0.385. The molecule has 2 rings (SSSR count). The number of carbonyl (C=O) groups excluding carboxylic acids is 2. The first kappa shape index (κ1) is 19.6. The highest BCUT2D eigenvalue weighted by atomic mass is 16.6. The van der Waals surface area contributed by atoms with Crippen LogP contribution >= 0.6 is 0 Å². The van der Waals surface area contributed by atoms with Crippen LogP contribution in [-0.4, -0.2) is 36.6 Å². The number of para-hydroxylation sites is 1. The fraction of sp³-hybridized carbons (Fsp3) is 0.444. The second-order valence-corrected chi connectivity index (χ2v) is 5.91. The van der Waals surface area contributed by atoms with Crippen LogP contribution in [-0.2, 0) is 19.1 Å². The highest BCUT2D eigenvalue weighted by Gasteiger charge is 2.36. The van der Waals surface area contributed by atoms with Gasteiger partial charge in [0.15, 0.2) is 0 Å². The Bertz CT molecular complexity index is 728. The number of hydrogen-bond donors (Lipinski definition) is 1. The van der Waals surface area contributed by atoms with Gasteiger partial charge in [-0.15, -0.1) is 0 Å². The van der Waals surface area contributed by atoms with Crippen molar-refractivity contribution < 1.29 is 24.0 Å². The van der Waals surface area contributed by atoms with E-state index in [4.69, 9.17) is 9.47 Å². The lowest BCUT2D eigenvalue weighted by Gasteiger charge is -2.26. The Hall–Kier alpha value is -2.74. The summed E-state index contributed by atoms with van der Waals surface area (Å²) < 4.78 is 10.5. The predicted molar refractivity (Wildman–Crippen MR) is 93.4 cm³/mol. The van der Waals surface area contributed by atoms with E-state index in [1.54, 1.807) is 25.1 Å². The van der Waals surface area contributed by atoms with E-state index >= 15 is 0 Å². The maximum absolute atomic E-state index is 12.6. The van der Waals surface area contributed by atoms with E-state index < -0.39 is 16.8 Å². The Labute approximate surface area is 151 Å². The summed E-state index contributed by atoms with van der Waals surface area (Å²) in [6.45, 7) is 4.49. The first-order valence-corrected chi connectivity index (χ1v) is 8.44. The standard InChI is InChI=1S/C18H22N2O6/c1-3-8-25-9-10-26-18(22)17-12(2)19-16(21)11-14(17)13-6-4-5-7-15(13)20(23)24/h4-7,14H,3,8-11H2,1-2H3,(H,19,21)/t14-/m1/s1. The molecule has 8 heteroatoms. The maximum atomic E-state index is 12.6. The van der Waals surface area contributed by atoms with Crippen LogP contribution in [0.2, 0.25) is 0 Å². The Balaban J connectivity index is 2.26. The largest absolute Gasteiger partial charge is 0.460 e. The molecule has 0 aromatic heterocycles. The van der Waals surface area contributed by atoms with E-state index in [1.165, 1.54) is 6.07 Å². The molecule has 1 aliphatic heterocycles. The normalized spacial score (nSPS) is 17.0. The molecule has 1 aromatic carbocycles. The molecule has 0 aliphatic carbocycles. The summed E-state index contributed by atoms with van der Waals surface area (Å²) in [6, 6.07) is 6.11. The van der Waals surface area contributed by atoms with Gasteiger partial charge in [0.2, 0.25) is 5.91 Å². The molecular weight excluding hydrogens is 340 g/mol. The Morgan fingerprint density at radius 3 is 2.73 bits per heavy atom. The van der Waals surface area contributed by atoms with Gasteiger partial charge in [-0.2, -0.15) is 0 Å². The van der Waals surface area contributed by atoms with Gasteiger partial charge >= 0.3 is 5.97 Å². The van der Waals surface area contributed by atoms with Crippen molar-refractivity contribution in [2.45, 2.75) is 32.6 Å². The van der Waals surface area contributed by atoms with Gasteiger partial charge in [-0.05, 0) is 13.3 Å². The predicted octanol–water partition coefficient (Wildman–Crippen LogP) is 2.44. The number of esters is 1. The van der Waals surface area contributed by atoms with Crippen LogP contribution in [0.5, 0.6) is 0 Å². The zero-order chi connectivity index (χ0) is 19.1. The molecule has 1 atom stereocenters. The molecule has 0 spiro atoms. The fourth-order valence-corrected chi connectivity index (χ4v) is 2.90. The van der Waals surface area contributed by atoms with Crippen LogP contribution in [0.3, 0.4) is 0 Å². The number of nitrogens with one attached hydrogen (secondary N) is 1. The molecule has 8 nitrogen and oxygen atoms in total. The molecular formula is C18H22N2O6. The van der Waals surface area contributed by atoms with E-state index in [1.807, 2.05) is 6.92 Å². The van der Waals surface area contributed by atoms with Crippen molar-refractivity contribution in [2.75, 3.05) is 19.8 Å². The molecule has 1 aliphatic rings.